The van der Waals surface area contributed by atoms with Crippen molar-refractivity contribution >= 4 is 0 Å². The summed E-state index contributed by atoms with van der Waals surface area (Å²) < 4.78 is 18.7. The van der Waals surface area contributed by atoms with Gasteiger partial charge in [0.1, 0.15) is 0 Å². The molecule has 0 saturated carbocycles. The molecule has 1 aromatic carbocycles. The number of rotatable bonds is 4. The van der Waals surface area contributed by atoms with Gasteiger partial charge < -0.3 is 9.84 Å². The van der Waals surface area contributed by atoms with E-state index < -0.39 is 6.10 Å². The average molecular weight is 212 g/mol. The zero-order valence-electron chi connectivity index (χ0n) is 9.33. The van der Waals surface area contributed by atoms with Gasteiger partial charge in [-0.1, -0.05) is 6.07 Å². The number of aliphatic hydroxyl groups is 1. The maximum atomic E-state index is 13.5. The lowest BCUT2D eigenvalue weighted by Crippen LogP contribution is -2.08. The minimum Gasteiger partial charge on any atom is -0.488 e. The molecular weight excluding hydrogens is 195 g/mol. The monoisotopic (exact) mass is 212 g/mol. The van der Waals surface area contributed by atoms with Crippen molar-refractivity contribution in [1.29, 1.82) is 0 Å². The Hall–Kier alpha value is -1.09. The quantitative estimate of drug-likeness (QED) is 0.831. The third kappa shape index (κ3) is 3.88. The van der Waals surface area contributed by atoms with Gasteiger partial charge in [0, 0.05) is 0 Å². The van der Waals surface area contributed by atoms with Crippen molar-refractivity contribution in [2.45, 2.75) is 39.4 Å². The van der Waals surface area contributed by atoms with Gasteiger partial charge in [0.2, 0.25) is 0 Å². The van der Waals surface area contributed by atoms with E-state index in [-0.39, 0.29) is 17.7 Å². The molecule has 1 rings (SSSR count). The van der Waals surface area contributed by atoms with Crippen LogP contribution in [0.4, 0.5) is 4.39 Å². The Kier molecular flexibility index (Phi) is 4.09. The summed E-state index contributed by atoms with van der Waals surface area (Å²) in [7, 11) is 0. The molecule has 2 nitrogen and oxygen atoms in total. The zero-order chi connectivity index (χ0) is 11.4. The first-order chi connectivity index (χ1) is 6.99. The number of aliphatic hydroxyl groups excluding tert-OH is 1. The van der Waals surface area contributed by atoms with Crippen LogP contribution in [0.3, 0.4) is 0 Å². The number of hydrogen-bond donors (Lipinski definition) is 1. The van der Waals surface area contributed by atoms with Gasteiger partial charge >= 0.3 is 0 Å². The van der Waals surface area contributed by atoms with E-state index in [2.05, 4.69) is 0 Å². The highest BCUT2D eigenvalue weighted by molar-refractivity contribution is 5.29. The van der Waals surface area contributed by atoms with Crippen molar-refractivity contribution in [2.75, 3.05) is 0 Å². The van der Waals surface area contributed by atoms with Crippen LogP contribution in [0.5, 0.6) is 5.75 Å². The highest BCUT2D eigenvalue weighted by atomic mass is 19.1. The van der Waals surface area contributed by atoms with Gasteiger partial charge in [0.15, 0.2) is 11.6 Å². The Balaban J connectivity index is 2.78. The van der Waals surface area contributed by atoms with Crippen LogP contribution in [0.1, 0.15) is 26.3 Å². The third-order valence-corrected chi connectivity index (χ3v) is 1.89. The van der Waals surface area contributed by atoms with Crippen molar-refractivity contribution in [1.82, 2.24) is 0 Å². The SMILES string of the molecule is CC(O)Cc1ccc(OC(C)C)c(F)c1. The van der Waals surface area contributed by atoms with Crippen molar-refractivity contribution in [3.8, 4) is 5.75 Å². The molecule has 0 heterocycles. The Bertz CT molecular complexity index is 321. The Labute approximate surface area is 89.7 Å². The average Bonchev–Trinajstić information content (AvgIpc) is 2.08. The second kappa shape index (κ2) is 5.12. The predicted molar refractivity (Wildman–Crippen MR) is 57.5 cm³/mol. The van der Waals surface area contributed by atoms with Gasteiger partial charge in [-0.3, -0.25) is 0 Å². The molecule has 0 saturated heterocycles. The van der Waals surface area contributed by atoms with Gasteiger partial charge in [0.25, 0.3) is 0 Å². The summed E-state index contributed by atoms with van der Waals surface area (Å²) in [5.74, 6) is -0.110. The Morgan fingerprint density at radius 1 is 1.33 bits per heavy atom. The summed E-state index contributed by atoms with van der Waals surface area (Å²) in [5.41, 5.74) is 0.776. The maximum Gasteiger partial charge on any atom is 0.165 e. The fourth-order valence-electron chi connectivity index (χ4n) is 1.36. The summed E-state index contributed by atoms with van der Waals surface area (Å²) in [6.07, 6.45) is -0.0396. The maximum absolute atomic E-state index is 13.5. The van der Waals surface area contributed by atoms with E-state index >= 15 is 0 Å². The van der Waals surface area contributed by atoms with Crippen molar-refractivity contribution in [3.05, 3.63) is 29.6 Å². The molecule has 1 aromatic rings. The summed E-state index contributed by atoms with van der Waals surface area (Å²) in [6.45, 7) is 5.38. The summed E-state index contributed by atoms with van der Waals surface area (Å²) in [6, 6.07) is 4.78. The van der Waals surface area contributed by atoms with E-state index in [1.807, 2.05) is 13.8 Å². The van der Waals surface area contributed by atoms with E-state index in [1.54, 1.807) is 19.1 Å². The lowest BCUT2D eigenvalue weighted by molar-refractivity contribution is 0.195. The first-order valence-electron chi connectivity index (χ1n) is 5.12. The van der Waals surface area contributed by atoms with Crippen LogP contribution in [-0.4, -0.2) is 17.3 Å². The molecule has 0 aromatic heterocycles. The molecule has 0 aliphatic rings. The molecule has 0 aliphatic carbocycles. The zero-order valence-corrected chi connectivity index (χ0v) is 9.33. The van der Waals surface area contributed by atoms with Crippen LogP contribution in [0.15, 0.2) is 18.2 Å². The van der Waals surface area contributed by atoms with Crippen LogP contribution in [-0.2, 0) is 6.42 Å². The normalized spacial score (nSPS) is 12.9. The molecule has 84 valence electrons. The van der Waals surface area contributed by atoms with E-state index in [0.29, 0.717) is 6.42 Å². The van der Waals surface area contributed by atoms with Crippen LogP contribution >= 0.6 is 0 Å². The van der Waals surface area contributed by atoms with Gasteiger partial charge in [-0.25, -0.2) is 4.39 Å². The highest BCUT2D eigenvalue weighted by Gasteiger charge is 2.07. The first kappa shape index (κ1) is 12.0. The minimum absolute atomic E-state index is 0.0397. The fraction of sp³-hybridized carbons (Fsp3) is 0.500. The molecule has 0 aliphatic heterocycles. The predicted octanol–water partition coefficient (Wildman–Crippen LogP) is 2.54. The molecule has 0 radical (unpaired) electrons. The van der Waals surface area contributed by atoms with E-state index in [9.17, 15) is 4.39 Å². The van der Waals surface area contributed by atoms with Crippen molar-refractivity contribution < 1.29 is 14.2 Å². The molecule has 0 spiro atoms. The van der Waals surface area contributed by atoms with Crippen molar-refractivity contribution in [3.63, 3.8) is 0 Å². The molecule has 3 heteroatoms. The topological polar surface area (TPSA) is 29.5 Å². The van der Waals surface area contributed by atoms with E-state index in [1.165, 1.54) is 6.07 Å². The number of hydrogen-bond acceptors (Lipinski definition) is 2. The second-order valence-electron chi connectivity index (χ2n) is 3.98. The highest BCUT2D eigenvalue weighted by Crippen LogP contribution is 2.20. The Morgan fingerprint density at radius 3 is 2.47 bits per heavy atom. The minimum atomic E-state index is -0.457. The molecule has 0 bridgehead atoms. The van der Waals surface area contributed by atoms with Gasteiger partial charge in [-0.15, -0.1) is 0 Å². The third-order valence-electron chi connectivity index (χ3n) is 1.89. The van der Waals surface area contributed by atoms with Crippen LogP contribution in [0, 0.1) is 5.82 Å². The van der Waals surface area contributed by atoms with Crippen LogP contribution in [0.25, 0.3) is 0 Å². The van der Waals surface area contributed by atoms with E-state index in [0.717, 1.165) is 5.56 Å². The number of halogens is 1. The molecule has 1 atom stereocenters. The van der Waals surface area contributed by atoms with Gasteiger partial charge in [-0.2, -0.15) is 0 Å². The molecule has 0 amide bonds. The fourth-order valence-corrected chi connectivity index (χ4v) is 1.36. The Morgan fingerprint density at radius 2 is 2.00 bits per heavy atom. The lowest BCUT2D eigenvalue weighted by atomic mass is 10.1. The number of ether oxygens (including phenoxy) is 1. The van der Waals surface area contributed by atoms with E-state index in [4.69, 9.17) is 9.84 Å². The van der Waals surface area contributed by atoms with Crippen LogP contribution in [0.2, 0.25) is 0 Å². The molecular formula is C12H17FO2. The molecule has 1 N–H and O–H groups in total. The largest absolute Gasteiger partial charge is 0.488 e. The summed E-state index contributed by atoms with van der Waals surface area (Å²) in [5, 5.41) is 9.16. The lowest BCUT2D eigenvalue weighted by Gasteiger charge is -2.11. The second-order valence-corrected chi connectivity index (χ2v) is 3.98. The first-order valence-corrected chi connectivity index (χ1v) is 5.12. The molecule has 15 heavy (non-hydrogen) atoms. The van der Waals surface area contributed by atoms with Crippen molar-refractivity contribution in [2.24, 2.45) is 0 Å². The number of benzene rings is 1. The van der Waals surface area contributed by atoms with Gasteiger partial charge in [-0.05, 0) is 44.9 Å². The molecule has 0 fully saturated rings. The smallest absolute Gasteiger partial charge is 0.165 e. The van der Waals surface area contributed by atoms with Gasteiger partial charge in [0.05, 0.1) is 12.2 Å². The standard InChI is InChI=1S/C12H17FO2/c1-8(2)15-12-5-4-10(6-9(3)14)7-11(12)13/h4-5,7-9,14H,6H2,1-3H3. The molecule has 1 unspecified atom stereocenters. The summed E-state index contributed by atoms with van der Waals surface area (Å²) in [4.78, 5) is 0. The summed E-state index contributed by atoms with van der Waals surface area (Å²) >= 11 is 0. The van der Waals surface area contributed by atoms with Crippen LogP contribution < -0.4 is 4.74 Å².